The lowest BCUT2D eigenvalue weighted by Crippen LogP contribution is -2.53. The van der Waals surface area contributed by atoms with Gasteiger partial charge in [-0.25, -0.2) is 4.98 Å². The largest absolute Gasteiger partial charge is 0.350 e. The summed E-state index contributed by atoms with van der Waals surface area (Å²) in [7, 11) is 0. The van der Waals surface area contributed by atoms with Crippen LogP contribution in [-0.2, 0) is 9.59 Å². The van der Waals surface area contributed by atoms with Crippen molar-refractivity contribution >= 4 is 34.9 Å². The number of aryl methyl sites for hydroxylation is 1. The van der Waals surface area contributed by atoms with Crippen molar-refractivity contribution in [2.45, 2.75) is 37.6 Å². The van der Waals surface area contributed by atoms with E-state index >= 15 is 0 Å². The summed E-state index contributed by atoms with van der Waals surface area (Å²) in [6, 6.07) is 0. The van der Waals surface area contributed by atoms with Crippen molar-refractivity contribution < 1.29 is 9.59 Å². The lowest BCUT2D eigenvalue weighted by molar-refractivity contribution is -0.130. The second kappa shape index (κ2) is 8.31. The van der Waals surface area contributed by atoms with E-state index in [4.69, 9.17) is 0 Å². The number of carbonyl (C=O) groups excluding carboxylic acids is 2. The van der Waals surface area contributed by atoms with Gasteiger partial charge in [0, 0.05) is 42.8 Å². The first-order valence-electron chi connectivity index (χ1n) is 8.09. The first-order valence-corrected chi connectivity index (χ1v) is 9.95. The number of carbonyl (C=O) groups is 2. The highest BCUT2D eigenvalue weighted by Gasteiger charge is 2.23. The molecular formula is C16H26N4O2S2. The number of thiazole rings is 1. The second-order valence-corrected chi connectivity index (χ2v) is 9.08. The van der Waals surface area contributed by atoms with Crippen LogP contribution in [-0.4, -0.2) is 70.6 Å². The van der Waals surface area contributed by atoms with Crippen molar-refractivity contribution in [2.24, 2.45) is 0 Å². The number of hydrogen-bond acceptors (Lipinski definition) is 6. The van der Waals surface area contributed by atoms with E-state index in [2.05, 4.69) is 15.2 Å². The molecule has 1 aliphatic rings. The molecular weight excluding hydrogens is 344 g/mol. The minimum absolute atomic E-state index is 0.0389. The molecule has 0 aliphatic carbocycles. The summed E-state index contributed by atoms with van der Waals surface area (Å²) in [5, 5.41) is 4.96. The highest BCUT2D eigenvalue weighted by Crippen LogP contribution is 2.22. The molecule has 0 bridgehead atoms. The smallest absolute Gasteiger partial charge is 0.234 e. The fraction of sp³-hybridized carbons (Fsp3) is 0.688. The number of aromatic nitrogens is 1. The summed E-state index contributed by atoms with van der Waals surface area (Å²) >= 11 is 3.08. The van der Waals surface area contributed by atoms with Crippen LogP contribution in [0, 0.1) is 6.92 Å². The van der Waals surface area contributed by atoms with Crippen LogP contribution in [0.5, 0.6) is 0 Å². The predicted octanol–water partition coefficient (Wildman–Crippen LogP) is 1.60. The highest BCUT2D eigenvalue weighted by molar-refractivity contribution is 8.01. The van der Waals surface area contributed by atoms with Crippen molar-refractivity contribution in [1.82, 2.24) is 20.1 Å². The van der Waals surface area contributed by atoms with Crippen LogP contribution in [0.4, 0.5) is 0 Å². The molecule has 1 aromatic rings. The van der Waals surface area contributed by atoms with Gasteiger partial charge in [-0.1, -0.05) is 11.8 Å². The van der Waals surface area contributed by atoms with Gasteiger partial charge in [0.05, 0.1) is 12.3 Å². The van der Waals surface area contributed by atoms with Crippen LogP contribution in [0.1, 0.15) is 26.5 Å². The first-order chi connectivity index (χ1) is 11.2. The molecule has 1 aromatic heterocycles. The lowest BCUT2D eigenvalue weighted by Gasteiger charge is -2.34. The average molecular weight is 371 g/mol. The number of piperazine rings is 1. The number of rotatable bonds is 5. The van der Waals surface area contributed by atoms with Gasteiger partial charge in [0.25, 0.3) is 0 Å². The molecule has 0 saturated carbocycles. The summed E-state index contributed by atoms with van der Waals surface area (Å²) in [4.78, 5) is 32.6. The Kier molecular flexibility index (Phi) is 6.65. The molecule has 0 unspecified atom stereocenters. The Morgan fingerprint density at radius 1 is 1.29 bits per heavy atom. The van der Waals surface area contributed by atoms with Gasteiger partial charge in [-0.2, -0.15) is 0 Å². The van der Waals surface area contributed by atoms with E-state index in [0.717, 1.165) is 23.1 Å². The van der Waals surface area contributed by atoms with Gasteiger partial charge in [-0.15, -0.1) is 11.3 Å². The van der Waals surface area contributed by atoms with Crippen molar-refractivity contribution in [3.63, 3.8) is 0 Å². The zero-order chi connectivity index (χ0) is 17.7. The van der Waals surface area contributed by atoms with Gasteiger partial charge in [-0.3, -0.25) is 14.5 Å². The maximum Gasteiger partial charge on any atom is 0.234 e. The van der Waals surface area contributed by atoms with E-state index in [1.54, 1.807) is 11.3 Å². The van der Waals surface area contributed by atoms with E-state index in [-0.39, 0.29) is 17.4 Å². The Morgan fingerprint density at radius 2 is 1.96 bits per heavy atom. The summed E-state index contributed by atoms with van der Waals surface area (Å²) in [5.41, 5.74) is 0.789. The van der Waals surface area contributed by atoms with Crippen molar-refractivity contribution in [2.75, 3.05) is 38.5 Å². The van der Waals surface area contributed by atoms with E-state index in [9.17, 15) is 9.59 Å². The molecule has 0 radical (unpaired) electrons. The van der Waals surface area contributed by atoms with Crippen LogP contribution < -0.4 is 5.32 Å². The number of amides is 2. The van der Waals surface area contributed by atoms with Gasteiger partial charge in [0.15, 0.2) is 4.34 Å². The molecule has 134 valence electrons. The van der Waals surface area contributed by atoms with Gasteiger partial charge in [-0.05, 0) is 27.7 Å². The molecule has 1 aliphatic heterocycles. The molecule has 1 saturated heterocycles. The molecule has 2 heterocycles. The maximum atomic E-state index is 12.3. The van der Waals surface area contributed by atoms with E-state index in [1.807, 2.05) is 38.0 Å². The third-order valence-electron chi connectivity index (χ3n) is 3.52. The first kappa shape index (κ1) is 19.2. The molecule has 6 nitrogen and oxygen atoms in total. The van der Waals surface area contributed by atoms with Crippen LogP contribution in [0.15, 0.2) is 9.72 Å². The maximum absolute atomic E-state index is 12.3. The Labute approximate surface area is 152 Å². The standard InChI is InChI=1S/C16H26N4O2S2/c1-12-10-23-15(17-12)24-11-14(22)20-7-5-19(6-8-20)9-13(21)18-16(2,3)4/h10H,5-9,11H2,1-4H3,(H,18,21). The topological polar surface area (TPSA) is 65.5 Å². The zero-order valence-corrected chi connectivity index (χ0v) is 16.4. The number of nitrogens with zero attached hydrogens (tertiary/aromatic N) is 3. The number of hydrogen-bond donors (Lipinski definition) is 1. The van der Waals surface area contributed by atoms with Crippen LogP contribution in [0.25, 0.3) is 0 Å². The van der Waals surface area contributed by atoms with Gasteiger partial charge in [0.1, 0.15) is 0 Å². The zero-order valence-electron chi connectivity index (χ0n) is 14.8. The predicted molar refractivity (Wildman–Crippen MR) is 98.5 cm³/mol. The summed E-state index contributed by atoms with van der Waals surface area (Å²) < 4.78 is 0.943. The summed E-state index contributed by atoms with van der Waals surface area (Å²) in [6.07, 6.45) is 0. The minimum Gasteiger partial charge on any atom is -0.350 e. The fourth-order valence-corrected chi connectivity index (χ4v) is 4.18. The molecule has 8 heteroatoms. The molecule has 2 rings (SSSR count). The van der Waals surface area contributed by atoms with Crippen molar-refractivity contribution in [3.8, 4) is 0 Å². The van der Waals surface area contributed by atoms with E-state index in [0.29, 0.717) is 25.4 Å². The van der Waals surface area contributed by atoms with Gasteiger partial charge < -0.3 is 10.2 Å². The summed E-state index contributed by atoms with van der Waals surface area (Å²) in [6.45, 7) is 11.1. The molecule has 0 spiro atoms. The van der Waals surface area contributed by atoms with E-state index in [1.165, 1.54) is 11.8 Å². The normalized spacial score (nSPS) is 16.2. The quantitative estimate of drug-likeness (QED) is 0.798. The third-order valence-corrected chi connectivity index (χ3v) is 5.65. The fourth-order valence-electron chi connectivity index (χ4n) is 2.43. The molecule has 0 aromatic carbocycles. The van der Waals surface area contributed by atoms with Crippen molar-refractivity contribution in [3.05, 3.63) is 11.1 Å². The number of thioether (sulfide) groups is 1. The Balaban J connectivity index is 1.70. The molecule has 0 atom stereocenters. The number of nitrogens with one attached hydrogen (secondary N) is 1. The van der Waals surface area contributed by atoms with Gasteiger partial charge >= 0.3 is 0 Å². The van der Waals surface area contributed by atoms with Gasteiger partial charge in [0.2, 0.25) is 11.8 Å². The Hall–Kier alpha value is -1.12. The van der Waals surface area contributed by atoms with Crippen LogP contribution in [0.2, 0.25) is 0 Å². The van der Waals surface area contributed by atoms with Crippen molar-refractivity contribution in [1.29, 1.82) is 0 Å². The molecule has 1 N–H and O–H groups in total. The molecule has 24 heavy (non-hydrogen) atoms. The minimum atomic E-state index is -0.208. The lowest BCUT2D eigenvalue weighted by atomic mass is 10.1. The molecule has 2 amide bonds. The highest BCUT2D eigenvalue weighted by atomic mass is 32.2. The van der Waals surface area contributed by atoms with Crippen LogP contribution in [0.3, 0.4) is 0 Å². The summed E-state index contributed by atoms with van der Waals surface area (Å²) in [5.74, 6) is 0.612. The molecule has 1 fully saturated rings. The average Bonchev–Trinajstić information content (AvgIpc) is 2.89. The third kappa shape index (κ3) is 6.41. The van der Waals surface area contributed by atoms with Crippen LogP contribution >= 0.6 is 23.1 Å². The second-order valence-electron chi connectivity index (χ2n) is 7.00. The van der Waals surface area contributed by atoms with E-state index < -0.39 is 0 Å². The monoisotopic (exact) mass is 370 g/mol. The Bertz CT molecular complexity index is 575. The SMILES string of the molecule is Cc1csc(SCC(=O)N2CCN(CC(=O)NC(C)(C)C)CC2)n1. The Morgan fingerprint density at radius 3 is 2.50 bits per heavy atom.